The summed E-state index contributed by atoms with van der Waals surface area (Å²) in [7, 11) is 3.32. The largest absolute Gasteiger partial charge is 0.493 e. The molecule has 0 bridgehead atoms. The van der Waals surface area contributed by atoms with Gasteiger partial charge in [-0.25, -0.2) is 0 Å². The standard InChI is InChI=1S/C16H24ClNO3/c1-4-6-18-14(16(19-2)20-3)10-12-9-13(17)8-11-5-7-21-15(11)12/h8-9,14,16,18H,4-7,10H2,1-3H3. The molecule has 0 aromatic heterocycles. The van der Waals surface area contributed by atoms with Crippen molar-refractivity contribution in [3.63, 3.8) is 0 Å². The summed E-state index contributed by atoms with van der Waals surface area (Å²) in [6.07, 6.45) is 2.44. The number of fused-ring (bicyclic) bond motifs is 1. The van der Waals surface area contributed by atoms with Crippen molar-refractivity contribution in [3.8, 4) is 5.75 Å². The minimum absolute atomic E-state index is 0.0618. The summed E-state index contributed by atoms with van der Waals surface area (Å²) in [5.74, 6) is 0.980. The second-order valence-corrected chi connectivity index (χ2v) is 5.69. The second kappa shape index (κ2) is 7.99. The molecule has 0 amide bonds. The van der Waals surface area contributed by atoms with Gasteiger partial charge in [0.2, 0.25) is 0 Å². The van der Waals surface area contributed by atoms with Gasteiger partial charge in [-0.1, -0.05) is 18.5 Å². The Labute approximate surface area is 131 Å². The molecular formula is C16H24ClNO3. The fourth-order valence-corrected chi connectivity index (χ4v) is 3.02. The maximum atomic E-state index is 6.23. The zero-order valence-electron chi connectivity index (χ0n) is 12.9. The van der Waals surface area contributed by atoms with Crippen LogP contribution in [0.4, 0.5) is 0 Å². The van der Waals surface area contributed by atoms with Crippen molar-refractivity contribution in [2.75, 3.05) is 27.4 Å². The molecule has 1 aliphatic heterocycles. The van der Waals surface area contributed by atoms with Crippen molar-refractivity contribution < 1.29 is 14.2 Å². The van der Waals surface area contributed by atoms with Crippen LogP contribution in [0, 0.1) is 0 Å². The van der Waals surface area contributed by atoms with Crippen LogP contribution in [0.3, 0.4) is 0 Å². The normalized spacial score (nSPS) is 15.1. The van der Waals surface area contributed by atoms with Gasteiger partial charge in [0.1, 0.15) is 5.75 Å². The third-order valence-electron chi connectivity index (χ3n) is 3.71. The number of hydrogen-bond acceptors (Lipinski definition) is 4. The minimum atomic E-state index is -0.299. The lowest BCUT2D eigenvalue weighted by Crippen LogP contribution is -2.44. The van der Waals surface area contributed by atoms with E-state index in [2.05, 4.69) is 12.2 Å². The molecule has 1 heterocycles. The minimum Gasteiger partial charge on any atom is -0.493 e. The molecule has 0 radical (unpaired) electrons. The number of rotatable bonds is 8. The van der Waals surface area contributed by atoms with Crippen molar-refractivity contribution >= 4 is 11.6 Å². The van der Waals surface area contributed by atoms with E-state index in [4.69, 9.17) is 25.8 Å². The van der Waals surface area contributed by atoms with E-state index in [0.29, 0.717) is 0 Å². The molecule has 118 valence electrons. The van der Waals surface area contributed by atoms with Crippen LogP contribution in [-0.4, -0.2) is 39.7 Å². The Kier molecular flexibility index (Phi) is 6.30. The molecule has 0 aliphatic carbocycles. The molecule has 0 spiro atoms. The quantitative estimate of drug-likeness (QED) is 0.749. The number of benzene rings is 1. The van der Waals surface area contributed by atoms with E-state index in [1.54, 1.807) is 14.2 Å². The average molecular weight is 314 g/mol. The molecule has 4 nitrogen and oxygen atoms in total. The molecule has 0 saturated heterocycles. The third-order valence-corrected chi connectivity index (χ3v) is 3.93. The predicted octanol–water partition coefficient (Wildman–Crippen LogP) is 2.80. The highest BCUT2D eigenvalue weighted by atomic mass is 35.5. The van der Waals surface area contributed by atoms with Crippen LogP contribution in [0.5, 0.6) is 5.75 Å². The smallest absolute Gasteiger partial charge is 0.172 e. The SMILES string of the molecule is CCCNC(Cc1cc(Cl)cc2c1OCC2)C(OC)OC. The first-order chi connectivity index (χ1) is 10.2. The fraction of sp³-hybridized carbons (Fsp3) is 0.625. The summed E-state index contributed by atoms with van der Waals surface area (Å²) in [4.78, 5) is 0. The highest BCUT2D eigenvalue weighted by molar-refractivity contribution is 6.30. The van der Waals surface area contributed by atoms with Gasteiger partial charge in [0.15, 0.2) is 6.29 Å². The van der Waals surface area contributed by atoms with Crippen LogP contribution in [0.15, 0.2) is 12.1 Å². The van der Waals surface area contributed by atoms with Crippen molar-refractivity contribution in [1.82, 2.24) is 5.32 Å². The molecule has 21 heavy (non-hydrogen) atoms. The molecule has 0 fully saturated rings. The fourth-order valence-electron chi connectivity index (χ4n) is 2.75. The van der Waals surface area contributed by atoms with E-state index in [9.17, 15) is 0 Å². The molecular weight excluding hydrogens is 290 g/mol. The molecule has 1 N–H and O–H groups in total. The molecule has 0 saturated carbocycles. The summed E-state index contributed by atoms with van der Waals surface area (Å²) >= 11 is 6.23. The number of halogens is 1. The van der Waals surface area contributed by atoms with Gasteiger partial charge in [-0.3, -0.25) is 0 Å². The van der Waals surface area contributed by atoms with E-state index >= 15 is 0 Å². The monoisotopic (exact) mass is 313 g/mol. The second-order valence-electron chi connectivity index (χ2n) is 5.26. The average Bonchev–Trinajstić information content (AvgIpc) is 2.93. The highest BCUT2D eigenvalue weighted by Gasteiger charge is 2.25. The lowest BCUT2D eigenvalue weighted by atomic mass is 10.0. The van der Waals surface area contributed by atoms with Gasteiger partial charge in [-0.05, 0) is 42.6 Å². The van der Waals surface area contributed by atoms with E-state index in [1.165, 1.54) is 5.56 Å². The van der Waals surface area contributed by atoms with Crippen molar-refractivity contribution in [2.45, 2.75) is 38.5 Å². The van der Waals surface area contributed by atoms with Crippen LogP contribution < -0.4 is 10.1 Å². The van der Waals surface area contributed by atoms with Crippen LogP contribution in [0.1, 0.15) is 24.5 Å². The van der Waals surface area contributed by atoms with Gasteiger partial charge in [-0.2, -0.15) is 0 Å². The van der Waals surface area contributed by atoms with Crippen LogP contribution in [0.2, 0.25) is 5.02 Å². The van der Waals surface area contributed by atoms with Crippen LogP contribution in [-0.2, 0) is 22.3 Å². The van der Waals surface area contributed by atoms with Crippen LogP contribution >= 0.6 is 11.6 Å². The molecule has 1 aromatic carbocycles. The molecule has 1 aliphatic rings. The van der Waals surface area contributed by atoms with Crippen molar-refractivity contribution in [2.24, 2.45) is 0 Å². The first kappa shape index (κ1) is 16.6. The Morgan fingerprint density at radius 1 is 1.33 bits per heavy atom. The molecule has 2 rings (SSSR count). The maximum absolute atomic E-state index is 6.23. The van der Waals surface area contributed by atoms with Crippen molar-refractivity contribution in [3.05, 3.63) is 28.3 Å². The lowest BCUT2D eigenvalue weighted by molar-refractivity contribution is -0.122. The lowest BCUT2D eigenvalue weighted by Gasteiger charge is -2.26. The summed E-state index contributed by atoms with van der Waals surface area (Å²) in [6, 6.07) is 4.03. The summed E-state index contributed by atoms with van der Waals surface area (Å²) in [6.45, 7) is 3.78. The van der Waals surface area contributed by atoms with Crippen LogP contribution in [0.25, 0.3) is 0 Å². The van der Waals surface area contributed by atoms with Gasteiger partial charge < -0.3 is 19.5 Å². The molecule has 1 atom stereocenters. The number of hydrogen-bond donors (Lipinski definition) is 1. The highest BCUT2D eigenvalue weighted by Crippen LogP contribution is 2.33. The van der Waals surface area contributed by atoms with Gasteiger partial charge in [-0.15, -0.1) is 0 Å². The van der Waals surface area contributed by atoms with Gasteiger partial charge >= 0.3 is 0 Å². The summed E-state index contributed by atoms with van der Waals surface area (Å²) in [5.41, 5.74) is 2.31. The van der Waals surface area contributed by atoms with Gasteiger partial charge in [0, 0.05) is 25.7 Å². The topological polar surface area (TPSA) is 39.7 Å². The molecule has 1 aromatic rings. The van der Waals surface area contributed by atoms with E-state index < -0.39 is 0 Å². The maximum Gasteiger partial charge on any atom is 0.172 e. The number of ether oxygens (including phenoxy) is 3. The van der Waals surface area contributed by atoms with E-state index in [0.717, 1.165) is 48.7 Å². The third kappa shape index (κ3) is 4.10. The summed E-state index contributed by atoms with van der Waals surface area (Å²) < 4.78 is 16.6. The predicted molar refractivity (Wildman–Crippen MR) is 84.2 cm³/mol. The molecule has 1 unspecified atom stereocenters. The van der Waals surface area contributed by atoms with E-state index in [1.807, 2.05) is 12.1 Å². The Morgan fingerprint density at radius 2 is 2.10 bits per heavy atom. The zero-order chi connectivity index (χ0) is 15.2. The Morgan fingerprint density at radius 3 is 2.76 bits per heavy atom. The van der Waals surface area contributed by atoms with Crippen molar-refractivity contribution in [1.29, 1.82) is 0 Å². The first-order valence-electron chi connectivity index (χ1n) is 7.42. The van der Waals surface area contributed by atoms with Gasteiger partial charge in [0.05, 0.1) is 12.6 Å². The molecule has 5 heteroatoms. The van der Waals surface area contributed by atoms with E-state index in [-0.39, 0.29) is 12.3 Å². The Balaban J connectivity index is 2.19. The Bertz CT molecular complexity index is 463. The number of methoxy groups -OCH3 is 2. The Hall–Kier alpha value is -0.810. The summed E-state index contributed by atoms with van der Waals surface area (Å²) in [5, 5.41) is 4.24. The zero-order valence-corrected chi connectivity index (χ0v) is 13.7. The van der Waals surface area contributed by atoms with Gasteiger partial charge in [0.25, 0.3) is 0 Å². The number of nitrogens with one attached hydrogen (secondary N) is 1. The first-order valence-corrected chi connectivity index (χ1v) is 7.80.